The van der Waals surface area contributed by atoms with Crippen LogP contribution in [-0.2, 0) is 0 Å². The van der Waals surface area contributed by atoms with Crippen molar-refractivity contribution in [3.8, 4) is 0 Å². The van der Waals surface area contributed by atoms with E-state index in [0.29, 0.717) is 17.4 Å². The fraction of sp³-hybridized carbons (Fsp3) is 0.500. The van der Waals surface area contributed by atoms with Crippen molar-refractivity contribution in [1.82, 2.24) is 9.69 Å². The molecule has 1 fully saturated rings. The summed E-state index contributed by atoms with van der Waals surface area (Å²) in [5.74, 6) is 2.08. The molecule has 1 aliphatic rings. The number of nitrogens with zero attached hydrogens (tertiary/aromatic N) is 1. The van der Waals surface area contributed by atoms with Crippen molar-refractivity contribution in [1.29, 1.82) is 0 Å². The molecule has 0 spiro atoms. The topological polar surface area (TPSA) is 80.0 Å². The molecule has 1 aromatic heterocycles. The zero-order valence-electron chi connectivity index (χ0n) is 10.6. The monoisotopic (exact) mass is 298 g/mol. The van der Waals surface area contributed by atoms with Gasteiger partial charge in [0.2, 0.25) is 0 Å². The maximum atomic E-state index is 12.1. The number of nitrogens with two attached hydrogens (primary N) is 1. The van der Waals surface area contributed by atoms with Crippen molar-refractivity contribution in [2.24, 2.45) is 0 Å². The van der Waals surface area contributed by atoms with Crippen molar-refractivity contribution < 1.29 is 4.79 Å². The van der Waals surface area contributed by atoms with Gasteiger partial charge < -0.3 is 16.4 Å². The van der Waals surface area contributed by atoms with E-state index in [-0.39, 0.29) is 5.91 Å². The number of anilines is 2. The van der Waals surface area contributed by atoms with Gasteiger partial charge in [0.05, 0.1) is 0 Å². The fourth-order valence-corrected chi connectivity index (χ4v) is 2.85. The molecule has 1 aromatic rings. The first-order chi connectivity index (χ1) is 9.22. The molecule has 0 unspecified atom stereocenters. The minimum absolute atomic E-state index is 0.116. The van der Waals surface area contributed by atoms with Gasteiger partial charge in [0, 0.05) is 24.1 Å². The third kappa shape index (κ3) is 4.14. The molecule has 1 heterocycles. The van der Waals surface area contributed by atoms with Crippen molar-refractivity contribution in [2.45, 2.75) is 18.9 Å². The zero-order chi connectivity index (χ0) is 13.7. The highest BCUT2D eigenvalue weighted by Gasteiger charge is 2.27. The molecular weight excluding hydrogens is 280 g/mol. The summed E-state index contributed by atoms with van der Waals surface area (Å²) < 4.78 is 4.05. The number of rotatable bonds is 8. The van der Waals surface area contributed by atoms with Crippen LogP contribution in [0.25, 0.3) is 0 Å². The van der Waals surface area contributed by atoms with Gasteiger partial charge in [-0.1, -0.05) is 6.08 Å². The van der Waals surface area contributed by atoms with Gasteiger partial charge in [0.15, 0.2) is 5.82 Å². The Bertz CT molecular complexity index is 457. The first-order valence-corrected chi connectivity index (χ1v) is 8.13. The largest absolute Gasteiger partial charge is 0.382 e. The Morgan fingerprint density at radius 2 is 2.42 bits per heavy atom. The second kappa shape index (κ2) is 6.81. The Morgan fingerprint density at radius 3 is 3.11 bits per heavy atom. The molecule has 1 aliphatic carbocycles. The lowest BCUT2D eigenvalue weighted by molar-refractivity contribution is 0.0953. The van der Waals surface area contributed by atoms with E-state index < -0.39 is 0 Å². The summed E-state index contributed by atoms with van der Waals surface area (Å²) in [5.41, 5.74) is 6.26. The van der Waals surface area contributed by atoms with E-state index in [1.54, 1.807) is 11.8 Å². The van der Waals surface area contributed by atoms with Crippen LogP contribution in [0, 0.1) is 0 Å². The summed E-state index contributed by atoms with van der Waals surface area (Å²) in [4.78, 5) is 12.1. The smallest absolute Gasteiger partial charge is 0.258 e. The number of carbonyl (C=O) groups is 1. The molecule has 104 valence electrons. The Morgan fingerprint density at radius 1 is 1.63 bits per heavy atom. The maximum Gasteiger partial charge on any atom is 0.258 e. The lowest BCUT2D eigenvalue weighted by Gasteiger charge is -2.07. The molecule has 2 rings (SSSR count). The predicted molar refractivity (Wildman–Crippen MR) is 83.0 cm³/mol. The van der Waals surface area contributed by atoms with Crippen LogP contribution in [0.15, 0.2) is 12.7 Å². The molecular formula is C12H18N4OS2. The Hall–Kier alpha value is -1.21. The van der Waals surface area contributed by atoms with Gasteiger partial charge >= 0.3 is 0 Å². The van der Waals surface area contributed by atoms with Crippen LogP contribution in [0.2, 0.25) is 0 Å². The molecule has 7 heteroatoms. The van der Waals surface area contributed by atoms with Gasteiger partial charge in [-0.15, -0.1) is 6.58 Å². The van der Waals surface area contributed by atoms with Gasteiger partial charge in [-0.2, -0.15) is 16.1 Å². The van der Waals surface area contributed by atoms with Gasteiger partial charge in [-0.25, -0.2) is 0 Å². The van der Waals surface area contributed by atoms with Crippen molar-refractivity contribution in [3.05, 3.63) is 18.2 Å². The molecule has 0 bridgehead atoms. The predicted octanol–water partition coefficient (Wildman–Crippen LogP) is 1.95. The zero-order valence-corrected chi connectivity index (χ0v) is 12.3. The minimum Gasteiger partial charge on any atom is -0.382 e. The molecule has 1 amide bonds. The third-order valence-electron chi connectivity index (χ3n) is 2.63. The number of thioether (sulfide) groups is 1. The molecule has 0 saturated heterocycles. The number of hydrogen-bond acceptors (Lipinski definition) is 6. The van der Waals surface area contributed by atoms with Crippen molar-refractivity contribution >= 4 is 40.0 Å². The Kier molecular flexibility index (Phi) is 5.09. The van der Waals surface area contributed by atoms with Crippen LogP contribution in [-0.4, -0.2) is 34.4 Å². The quantitative estimate of drug-likeness (QED) is 0.505. The van der Waals surface area contributed by atoms with Crippen molar-refractivity contribution in [2.75, 3.05) is 29.1 Å². The molecule has 5 nitrogen and oxygen atoms in total. The molecule has 0 aromatic carbocycles. The van der Waals surface area contributed by atoms with Crippen LogP contribution < -0.4 is 16.4 Å². The van der Waals surface area contributed by atoms with Crippen molar-refractivity contribution in [3.63, 3.8) is 0 Å². The van der Waals surface area contributed by atoms with E-state index in [2.05, 4.69) is 21.6 Å². The summed E-state index contributed by atoms with van der Waals surface area (Å²) in [6, 6.07) is 0.322. The third-order valence-corrected chi connectivity index (χ3v) is 4.41. The minimum atomic E-state index is -0.116. The number of nitrogen functional groups attached to an aromatic ring is 1. The standard InChI is InChI=1S/C12H18N4OS2/c1-2-6-18-7-5-14-12-9(10(13)16-19-12)11(17)15-8-3-4-8/h2,8,14H,1,3-7H2,(H2,13,16)(H,15,17). The highest BCUT2D eigenvalue weighted by molar-refractivity contribution is 7.99. The van der Waals surface area contributed by atoms with Gasteiger partial charge in [-0.05, 0) is 24.4 Å². The second-order valence-electron chi connectivity index (χ2n) is 4.31. The van der Waals surface area contributed by atoms with E-state index >= 15 is 0 Å². The summed E-state index contributed by atoms with van der Waals surface area (Å²) >= 11 is 3.03. The normalized spacial score (nSPS) is 14.1. The summed E-state index contributed by atoms with van der Waals surface area (Å²) in [7, 11) is 0. The van der Waals surface area contributed by atoms with Gasteiger partial charge in [0.25, 0.3) is 5.91 Å². The summed E-state index contributed by atoms with van der Waals surface area (Å²) in [6.45, 7) is 4.45. The number of nitrogens with one attached hydrogen (secondary N) is 2. The van der Waals surface area contributed by atoms with E-state index in [9.17, 15) is 4.79 Å². The van der Waals surface area contributed by atoms with Crippen LogP contribution in [0.1, 0.15) is 23.2 Å². The van der Waals surface area contributed by atoms with Crippen LogP contribution in [0.5, 0.6) is 0 Å². The first-order valence-electron chi connectivity index (χ1n) is 6.21. The average molecular weight is 298 g/mol. The van der Waals surface area contributed by atoms with E-state index in [4.69, 9.17) is 5.73 Å². The SMILES string of the molecule is C=CCSCCNc1snc(N)c1C(=O)NC1CC1. The molecule has 0 radical (unpaired) electrons. The second-order valence-corrected chi connectivity index (χ2v) is 6.23. The number of aromatic nitrogens is 1. The average Bonchev–Trinajstić information content (AvgIpc) is 3.11. The van der Waals surface area contributed by atoms with E-state index in [1.165, 1.54) is 11.5 Å². The highest BCUT2D eigenvalue weighted by atomic mass is 32.2. The maximum absolute atomic E-state index is 12.1. The van der Waals surface area contributed by atoms with Crippen LogP contribution in [0.4, 0.5) is 10.8 Å². The number of carbonyl (C=O) groups excluding carboxylic acids is 1. The Balaban J connectivity index is 1.88. The lowest BCUT2D eigenvalue weighted by Crippen LogP contribution is -2.26. The molecule has 0 atom stereocenters. The van der Waals surface area contributed by atoms with E-state index in [0.717, 1.165) is 35.9 Å². The molecule has 19 heavy (non-hydrogen) atoms. The molecule has 0 aliphatic heterocycles. The first kappa shape index (κ1) is 14.2. The molecule has 4 N–H and O–H groups in total. The summed E-state index contributed by atoms with van der Waals surface area (Å²) in [6.07, 6.45) is 4.00. The van der Waals surface area contributed by atoms with Gasteiger partial charge in [0.1, 0.15) is 10.6 Å². The van der Waals surface area contributed by atoms with Gasteiger partial charge in [-0.3, -0.25) is 4.79 Å². The fourth-order valence-electron chi connectivity index (χ4n) is 1.53. The van der Waals surface area contributed by atoms with Crippen LogP contribution >= 0.6 is 23.3 Å². The number of hydrogen-bond donors (Lipinski definition) is 3. The highest BCUT2D eigenvalue weighted by Crippen LogP contribution is 2.28. The van der Waals surface area contributed by atoms with E-state index in [1.807, 2.05) is 6.08 Å². The number of amides is 1. The summed E-state index contributed by atoms with van der Waals surface area (Å²) in [5, 5.41) is 6.92. The molecule has 1 saturated carbocycles. The van der Waals surface area contributed by atoms with Crippen LogP contribution in [0.3, 0.4) is 0 Å². The Labute approximate surface area is 121 Å². The lowest BCUT2D eigenvalue weighted by atomic mass is 10.3.